The van der Waals surface area contributed by atoms with Gasteiger partial charge in [-0.3, -0.25) is 9.59 Å². The van der Waals surface area contributed by atoms with Crippen molar-refractivity contribution in [1.29, 1.82) is 0 Å². The summed E-state index contributed by atoms with van der Waals surface area (Å²) in [5.74, 6) is -1.21. The first-order valence-corrected chi connectivity index (χ1v) is 11.1. The first-order valence-electron chi connectivity index (χ1n) is 9.43. The molecule has 0 spiro atoms. The maximum Gasteiger partial charge on any atom is 0.341 e. The van der Waals surface area contributed by atoms with Gasteiger partial charge in [-0.15, -0.1) is 22.7 Å². The Bertz CT molecular complexity index is 1040. The molecular formula is C22H22N2O4S2. The van der Waals surface area contributed by atoms with Crippen LogP contribution in [0.25, 0.3) is 0 Å². The van der Waals surface area contributed by atoms with Crippen LogP contribution >= 0.6 is 22.7 Å². The summed E-state index contributed by atoms with van der Waals surface area (Å²) < 4.78 is 5.15. The van der Waals surface area contributed by atoms with Crippen molar-refractivity contribution in [2.24, 2.45) is 0 Å². The molecule has 30 heavy (non-hydrogen) atoms. The predicted octanol–water partition coefficient (Wildman–Crippen LogP) is 5.04. The van der Waals surface area contributed by atoms with Crippen LogP contribution in [0.1, 0.15) is 60.7 Å². The third kappa shape index (κ3) is 4.77. The lowest BCUT2D eigenvalue weighted by molar-refractivity contribution is 0.0527. The molecule has 1 atom stereocenters. The molecule has 2 N–H and O–H groups in total. The molecule has 0 saturated heterocycles. The molecule has 0 unspecified atom stereocenters. The van der Waals surface area contributed by atoms with Crippen LogP contribution in [-0.4, -0.2) is 24.4 Å². The molecule has 2 amide bonds. The Morgan fingerprint density at radius 3 is 2.43 bits per heavy atom. The largest absolute Gasteiger partial charge is 0.462 e. The molecule has 0 aliphatic carbocycles. The van der Waals surface area contributed by atoms with E-state index in [4.69, 9.17) is 4.74 Å². The molecule has 3 rings (SSSR count). The third-order valence-electron chi connectivity index (χ3n) is 4.45. The summed E-state index contributed by atoms with van der Waals surface area (Å²) >= 11 is 2.37. The number of hydrogen-bond donors (Lipinski definition) is 2. The van der Waals surface area contributed by atoms with Gasteiger partial charge in [0.2, 0.25) is 0 Å². The van der Waals surface area contributed by atoms with E-state index in [0.29, 0.717) is 20.3 Å². The van der Waals surface area contributed by atoms with Crippen LogP contribution in [0.3, 0.4) is 0 Å². The molecule has 0 saturated carbocycles. The lowest BCUT2D eigenvalue weighted by Crippen LogP contribution is -2.26. The van der Waals surface area contributed by atoms with Crippen molar-refractivity contribution in [3.8, 4) is 0 Å². The highest BCUT2D eigenvalue weighted by atomic mass is 32.1. The second kappa shape index (κ2) is 9.69. The number of hydrogen-bond acceptors (Lipinski definition) is 6. The van der Waals surface area contributed by atoms with Crippen molar-refractivity contribution in [3.05, 3.63) is 74.3 Å². The van der Waals surface area contributed by atoms with Crippen LogP contribution in [0, 0.1) is 6.92 Å². The Balaban J connectivity index is 1.89. The molecular weight excluding hydrogens is 420 g/mol. The number of benzene rings is 1. The molecule has 8 heteroatoms. The van der Waals surface area contributed by atoms with E-state index < -0.39 is 5.97 Å². The summed E-state index contributed by atoms with van der Waals surface area (Å²) in [7, 11) is 0. The standard InChI is InChI=1S/C22H22N2O4S2/c1-4-28-22(27)17-13(2)18(20(26)23-14(3)15-9-6-5-7-10-15)30-21(17)24-19(25)16-11-8-12-29-16/h5-12,14H,4H2,1-3H3,(H,23,26)(H,24,25)/t14-/m0/s1. The summed E-state index contributed by atoms with van der Waals surface area (Å²) in [5.41, 5.74) is 1.67. The van der Waals surface area contributed by atoms with E-state index in [1.165, 1.54) is 11.3 Å². The fraction of sp³-hybridized carbons (Fsp3) is 0.227. The van der Waals surface area contributed by atoms with E-state index in [2.05, 4.69) is 10.6 Å². The lowest BCUT2D eigenvalue weighted by Gasteiger charge is -2.14. The maximum absolute atomic E-state index is 12.9. The molecule has 156 valence electrons. The third-order valence-corrected chi connectivity index (χ3v) is 6.53. The second-order valence-electron chi connectivity index (χ2n) is 6.52. The van der Waals surface area contributed by atoms with Gasteiger partial charge in [0, 0.05) is 0 Å². The van der Waals surface area contributed by atoms with Crippen LogP contribution in [-0.2, 0) is 4.74 Å². The minimum atomic E-state index is -0.567. The van der Waals surface area contributed by atoms with E-state index in [9.17, 15) is 14.4 Å². The van der Waals surface area contributed by atoms with Crippen LogP contribution in [0.15, 0.2) is 47.8 Å². The summed E-state index contributed by atoms with van der Waals surface area (Å²) in [6.07, 6.45) is 0. The van der Waals surface area contributed by atoms with Gasteiger partial charge in [-0.25, -0.2) is 4.79 Å². The fourth-order valence-electron chi connectivity index (χ4n) is 2.93. The van der Waals surface area contributed by atoms with Crippen molar-refractivity contribution in [1.82, 2.24) is 5.32 Å². The summed E-state index contributed by atoms with van der Waals surface area (Å²) in [6, 6.07) is 12.9. The zero-order chi connectivity index (χ0) is 21.7. The van der Waals surface area contributed by atoms with Crippen LogP contribution in [0.2, 0.25) is 0 Å². The normalized spacial score (nSPS) is 11.6. The summed E-state index contributed by atoms with van der Waals surface area (Å²) in [4.78, 5) is 38.9. The van der Waals surface area contributed by atoms with Gasteiger partial charge in [0.25, 0.3) is 11.8 Å². The Morgan fingerprint density at radius 2 is 1.80 bits per heavy atom. The van der Waals surface area contributed by atoms with Gasteiger partial charge in [0.15, 0.2) is 0 Å². The van der Waals surface area contributed by atoms with Gasteiger partial charge in [0.05, 0.1) is 28.0 Å². The highest BCUT2D eigenvalue weighted by Crippen LogP contribution is 2.34. The average Bonchev–Trinajstić information content (AvgIpc) is 3.37. The van der Waals surface area contributed by atoms with E-state index in [-0.39, 0.29) is 30.0 Å². The quantitative estimate of drug-likeness (QED) is 0.502. The zero-order valence-corrected chi connectivity index (χ0v) is 18.5. The predicted molar refractivity (Wildman–Crippen MR) is 120 cm³/mol. The number of carbonyl (C=O) groups is 3. The number of rotatable bonds is 7. The smallest absolute Gasteiger partial charge is 0.341 e. The molecule has 0 aliphatic heterocycles. The van der Waals surface area contributed by atoms with Gasteiger partial charge in [0.1, 0.15) is 5.00 Å². The Morgan fingerprint density at radius 1 is 1.07 bits per heavy atom. The number of amides is 2. The lowest BCUT2D eigenvalue weighted by atomic mass is 10.1. The highest BCUT2D eigenvalue weighted by molar-refractivity contribution is 7.19. The molecule has 6 nitrogen and oxygen atoms in total. The zero-order valence-electron chi connectivity index (χ0n) is 16.9. The monoisotopic (exact) mass is 442 g/mol. The highest BCUT2D eigenvalue weighted by Gasteiger charge is 2.27. The van der Waals surface area contributed by atoms with E-state index >= 15 is 0 Å². The first kappa shape index (κ1) is 21.7. The van der Waals surface area contributed by atoms with Gasteiger partial charge in [-0.05, 0) is 43.3 Å². The number of nitrogens with one attached hydrogen (secondary N) is 2. The van der Waals surface area contributed by atoms with Crippen molar-refractivity contribution >= 4 is 45.5 Å². The molecule has 0 bridgehead atoms. The Labute approximate surface area is 182 Å². The Kier molecular flexibility index (Phi) is 7.02. The second-order valence-corrected chi connectivity index (χ2v) is 8.49. The average molecular weight is 443 g/mol. The maximum atomic E-state index is 12.9. The number of esters is 1. The topological polar surface area (TPSA) is 84.5 Å². The minimum absolute atomic E-state index is 0.193. The molecule has 0 radical (unpaired) electrons. The van der Waals surface area contributed by atoms with Crippen LogP contribution in [0.5, 0.6) is 0 Å². The molecule has 2 heterocycles. The summed E-state index contributed by atoms with van der Waals surface area (Å²) in [6.45, 7) is 5.48. The molecule has 3 aromatic rings. The van der Waals surface area contributed by atoms with Crippen LogP contribution in [0.4, 0.5) is 5.00 Å². The molecule has 1 aromatic carbocycles. The summed E-state index contributed by atoms with van der Waals surface area (Å²) in [5, 5.41) is 7.82. The van der Waals surface area contributed by atoms with Crippen molar-refractivity contribution < 1.29 is 19.1 Å². The van der Waals surface area contributed by atoms with Gasteiger partial charge in [-0.1, -0.05) is 36.4 Å². The van der Waals surface area contributed by atoms with Crippen molar-refractivity contribution in [2.75, 3.05) is 11.9 Å². The molecule has 0 fully saturated rings. The van der Waals surface area contributed by atoms with Gasteiger partial charge >= 0.3 is 5.97 Å². The fourth-order valence-corrected chi connectivity index (χ4v) is 4.64. The number of thiophene rings is 2. The van der Waals surface area contributed by atoms with E-state index in [0.717, 1.165) is 16.9 Å². The molecule has 2 aromatic heterocycles. The van der Waals surface area contributed by atoms with Gasteiger partial charge in [-0.2, -0.15) is 0 Å². The Hall–Kier alpha value is -2.97. The van der Waals surface area contributed by atoms with E-state index in [1.54, 1.807) is 31.4 Å². The number of anilines is 1. The van der Waals surface area contributed by atoms with Crippen LogP contribution < -0.4 is 10.6 Å². The molecule has 0 aliphatic rings. The van der Waals surface area contributed by atoms with E-state index in [1.807, 2.05) is 37.3 Å². The number of ether oxygens (including phenoxy) is 1. The minimum Gasteiger partial charge on any atom is -0.462 e. The van der Waals surface area contributed by atoms with Gasteiger partial charge < -0.3 is 15.4 Å². The van der Waals surface area contributed by atoms with Crippen molar-refractivity contribution in [3.63, 3.8) is 0 Å². The first-order chi connectivity index (χ1) is 14.4. The van der Waals surface area contributed by atoms with Crippen molar-refractivity contribution in [2.45, 2.75) is 26.8 Å². The SMILES string of the molecule is CCOC(=O)c1c(NC(=O)c2cccs2)sc(C(=O)N[C@@H](C)c2ccccc2)c1C. The number of carbonyl (C=O) groups excluding carboxylic acids is 3.